The van der Waals surface area contributed by atoms with Crippen molar-refractivity contribution < 1.29 is 23.8 Å². The maximum absolute atomic E-state index is 13.0. The third kappa shape index (κ3) is 5.33. The summed E-state index contributed by atoms with van der Waals surface area (Å²) in [5, 5.41) is 0. The standard InChI is InChI=1S/C25H32N2O5/c1-25(2,3)20-8-6-7-9-21(20)32-17-23(28)26-12-14-27(15-13-26)24(29)19-11-10-18(30-4)16-22(19)31-5/h6-11,16H,12-15,17H2,1-5H3. The van der Waals surface area contributed by atoms with E-state index in [1.54, 1.807) is 35.1 Å². The van der Waals surface area contributed by atoms with E-state index in [4.69, 9.17) is 14.2 Å². The normalized spacial score (nSPS) is 14.2. The molecular formula is C25H32N2O5. The first-order valence-electron chi connectivity index (χ1n) is 10.8. The monoisotopic (exact) mass is 440 g/mol. The van der Waals surface area contributed by atoms with Gasteiger partial charge in [-0.05, 0) is 29.2 Å². The smallest absolute Gasteiger partial charge is 0.260 e. The van der Waals surface area contributed by atoms with Gasteiger partial charge in [-0.3, -0.25) is 9.59 Å². The highest BCUT2D eigenvalue weighted by molar-refractivity contribution is 5.97. The van der Waals surface area contributed by atoms with E-state index < -0.39 is 0 Å². The van der Waals surface area contributed by atoms with Crippen molar-refractivity contribution in [2.24, 2.45) is 0 Å². The highest BCUT2D eigenvalue weighted by atomic mass is 16.5. The first kappa shape index (κ1) is 23.4. The van der Waals surface area contributed by atoms with Gasteiger partial charge in [0.2, 0.25) is 0 Å². The Morgan fingerprint density at radius 2 is 1.53 bits per heavy atom. The number of hydrogen-bond acceptors (Lipinski definition) is 5. The molecule has 1 heterocycles. The molecule has 32 heavy (non-hydrogen) atoms. The lowest BCUT2D eigenvalue weighted by molar-refractivity contribution is -0.134. The van der Waals surface area contributed by atoms with Crippen molar-refractivity contribution in [2.75, 3.05) is 47.0 Å². The van der Waals surface area contributed by atoms with Gasteiger partial charge in [0, 0.05) is 32.2 Å². The summed E-state index contributed by atoms with van der Waals surface area (Å²) in [5.41, 5.74) is 1.47. The lowest BCUT2D eigenvalue weighted by atomic mass is 9.86. The van der Waals surface area contributed by atoms with E-state index in [0.29, 0.717) is 43.2 Å². The van der Waals surface area contributed by atoms with Crippen molar-refractivity contribution in [2.45, 2.75) is 26.2 Å². The summed E-state index contributed by atoms with van der Waals surface area (Å²) in [5.74, 6) is 1.63. The van der Waals surface area contributed by atoms with Crippen LogP contribution in [0.1, 0.15) is 36.7 Å². The van der Waals surface area contributed by atoms with Crippen molar-refractivity contribution in [1.82, 2.24) is 9.80 Å². The average molecular weight is 441 g/mol. The van der Waals surface area contributed by atoms with Crippen LogP contribution >= 0.6 is 0 Å². The topological polar surface area (TPSA) is 68.3 Å². The molecular weight excluding hydrogens is 408 g/mol. The number of piperazine rings is 1. The van der Waals surface area contributed by atoms with Crippen LogP contribution in [0.5, 0.6) is 17.2 Å². The number of rotatable bonds is 6. The molecule has 0 radical (unpaired) electrons. The van der Waals surface area contributed by atoms with Crippen LogP contribution < -0.4 is 14.2 Å². The van der Waals surface area contributed by atoms with Crippen molar-refractivity contribution in [3.8, 4) is 17.2 Å². The largest absolute Gasteiger partial charge is 0.497 e. The molecule has 1 fully saturated rings. The molecule has 0 aliphatic carbocycles. The Kier molecular flexibility index (Phi) is 7.28. The molecule has 1 aliphatic heterocycles. The quantitative estimate of drug-likeness (QED) is 0.689. The highest BCUT2D eigenvalue weighted by Crippen LogP contribution is 2.31. The maximum atomic E-state index is 13.0. The number of nitrogens with zero attached hydrogens (tertiary/aromatic N) is 2. The van der Waals surface area contributed by atoms with Crippen LogP contribution in [-0.2, 0) is 10.2 Å². The van der Waals surface area contributed by atoms with Crippen molar-refractivity contribution >= 4 is 11.8 Å². The molecule has 2 aromatic carbocycles. The van der Waals surface area contributed by atoms with Gasteiger partial charge in [0.25, 0.3) is 11.8 Å². The molecule has 0 N–H and O–H groups in total. The van der Waals surface area contributed by atoms with E-state index in [2.05, 4.69) is 20.8 Å². The molecule has 0 aromatic heterocycles. The maximum Gasteiger partial charge on any atom is 0.260 e. The number of amides is 2. The fourth-order valence-corrected chi connectivity index (χ4v) is 3.75. The van der Waals surface area contributed by atoms with Gasteiger partial charge in [-0.1, -0.05) is 39.0 Å². The number of para-hydroxylation sites is 1. The summed E-state index contributed by atoms with van der Waals surface area (Å²) in [6, 6.07) is 12.9. The number of benzene rings is 2. The molecule has 1 aliphatic rings. The van der Waals surface area contributed by atoms with Crippen LogP contribution in [0, 0.1) is 0 Å². The number of methoxy groups -OCH3 is 2. The second-order valence-electron chi connectivity index (χ2n) is 8.77. The second kappa shape index (κ2) is 9.94. The predicted octanol–water partition coefficient (Wildman–Crippen LogP) is 3.36. The molecule has 0 unspecified atom stereocenters. The summed E-state index contributed by atoms with van der Waals surface area (Å²) in [6.45, 7) is 8.17. The minimum Gasteiger partial charge on any atom is -0.497 e. The van der Waals surface area contributed by atoms with Crippen LogP contribution in [0.25, 0.3) is 0 Å². The third-order valence-corrected chi connectivity index (χ3v) is 5.60. The molecule has 2 aromatic rings. The van der Waals surface area contributed by atoms with Gasteiger partial charge in [0.05, 0.1) is 19.8 Å². The summed E-state index contributed by atoms with van der Waals surface area (Å²) in [4.78, 5) is 29.2. The molecule has 0 atom stereocenters. The molecule has 0 saturated carbocycles. The second-order valence-corrected chi connectivity index (χ2v) is 8.77. The first-order valence-corrected chi connectivity index (χ1v) is 10.8. The van der Waals surface area contributed by atoms with Gasteiger partial charge in [-0.15, -0.1) is 0 Å². The molecule has 0 spiro atoms. The SMILES string of the molecule is COc1ccc(C(=O)N2CCN(C(=O)COc3ccccc3C(C)(C)C)CC2)c(OC)c1. The lowest BCUT2D eigenvalue weighted by Gasteiger charge is -2.35. The van der Waals surface area contributed by atoms with Crippen LogP contribution in [0.2, 0.25) is 0 Å². The molecule has 0 bridgehead atoms. The Balaban J connectivity index is 1.57. The Hall–Kier alpha value is -3.22. The van der Waals surface area contributed by atoms with Gasteiger partial charge < -0.3 is 24.0 Å². The third-order valence-electron chi connectivity index (χ3n) is 5.60. The Morgan fingerprint density at radius 3 is 2.16 bits per heavy atom. The zero-order valence-corrected chi connectivity index (χ0v) is 19.5. The number of carbonyl (C=O) groups is 2. The van der Waals surface area contributed by atoms with E-state index in [9.17, 15) is 9.59 Å². The highest BCUT2D eigenvalue weighted by Gasteiger charge is 2.27. The minimum absolute atomic E-state index is 0.0205. The molecule has 3 rings (SSSR count). The number of hydrogen-bond donors (Lipinski definition) is 0. The summed E-state index contributed by atoms with van der Waals surface area (Å²) < 4.78 is 16.4. The average Bonchev–Trinajstić information content (AvgIpc) is 2.81. The summed E-state index contributed by atoms with van der Waals surface area (Å²) in [6.07, 6.45) is 0. The van der Waals surface area contributed by atoms with E-state index in [0.717, 1.165) is 11.3 Å². The van der Waals surface area contributed by atoms with Crippen LogP contribution in [0.15, 0.2) is 42.5 Å². The fraction of sp³-hybridized carbons (Fsp3) is 0.440. The van der Waals surface area contributed by atoms with Gasteiger partial charge in [-0.25, -0.2) is 0 Å². The van der Waals surface area contributed by atoms with Crippen LogP contribution in [-0.4, -0.2) is 68.6 Å². The van der Waals surface area contributed by atoms with Gasteiger partial charge in [0.15, 0.2) is 6.61 Å². The lowest BCUT2D eigenvalue weighted by Crippen LogP contribution is -2.51. The zero-order chi connectivity index (χ0) is 23.3. The Labute approximate surface area is 189 Å². The van der Waals surface area contributed by atoms with Crippen LogP contribution in [0.3, 0.4) is 0 Å². The zero-order valence-electron chi connectivity index (χ0n) is 19.5. The molecule has 172 valence electrons. The van der Waals surface area contributed by atoms with E-state index >= 15 is 0 Å². The predicted molar refractivity (Wildman–Crippen MR) is 123 cm³/mol. The summed E-state index contributed by atoms with van der Waals surface area (Å²) >= 11 is 0. The van der Waals surface area contributed by atoms with Gasteiger partial charge >= 0.3 is 0 Å². The van der Waals surface area contributed by atoms with Gasteiger partial charge in [0.1, 0.15) is 17.2 Å². The molecule has 7 heteroatoms. The fourth-order valence-electron chi connectivity index (χ4n) is 3.75. The first-order chi connectivity index (χ1) is 15.2. The Morgan fingerprint density at radius 1 is 0.875 bits per heavy atom. The number of ether oxygens (including phenoxy) is 3. The van der Waals surface area contributed by atoms with Crippen molar-refractivity contribution in [3.05, 3.63) is 53.6 Å². The van der Waals surface area contributed by atoms with Crippen molar-refractivity contribution in [1.29, 1.82) is 0 Å². The van der Waals surface area contributed by atoms with Crippen molar-refractivity contribution in [3.63, 3.8) is 0 Å². The number of carbonyl (C=O) groups excluding carboxylic acids is 2. The Bertz CT molecular complexity index is 959. The van der Waals surface area contributed by atoms with Crippen LogP contribution in [0.4, 0.5) is 0 Å². The van der Waals surface area contributed by atoms with E-state index in [1.165, 1.54) is 7.11 Å². The molecule has 7 nitrogen and oxygen atoms in total. The summed E-state index contributed by atoms with van der Waals surface area (Å²) in [7, 11) is 3.10. The minimum atomic E-state index is -0.119. The molecule has 1 saturated heterocycles. The molecule has 2 amide bonds. The van der Waals surface area contributed by atoms with E-state index in [1.807, 2.05) is 24.3 Å². The van der Waals surface area contributed by atoms with Gasteiger partial charge in [-0.2, -0.15) is 0 Å². The van der Waals surface area contributed by atoms with E-state index in [-0.39, 0.29) is 23.8 Å².